The third-order valence-electron chi connectivity index (χ3n) is 4.95. The minimum Gasteiger partial charge on any atom is -0.508 e. The third kappa shape index (κ3) is 1.57. The van der Waals surface area contributed by atoms with Gasteiger partial charge in [0.1, 0.15) is 24.1 Å². The van der Waals surface area contributed by atoms with Gasteiger partial charge in [0, 0.05) is 5.92 Å². The van der Waals surface area contributed by atoms with E-state index in [1.807, 2.05) is 12.1 Å². The van der Waals surface area contributed by atoms with Crippen molar-refractivity contribution in [1.29, 1.82) is 0 Å². The monoisotopic (exact) mass is 262 g/mol. The molecule has 2 heterocycles. The first-order valence-electron chi connectivity index (χ1n) is 6.78. The van der Waals surface area contributed by atoms with Crippen LogP contribution in [-0.4, -0.2) is 40.7 Å². The number of epoxide rings is 2. The Kier molecular flexibility index (Phi) is 2.16. The predicted octanol–water partition coefficient (Wildman–Crippen LogP) is 1.20. The summed E-state index contributed by atoms with van der Waals surface area (Å²) in [6.07, 6.45) is -0.359. The normalized spacial score (nSPS) is 43.3. The van der Waals surface area contributed by atoms with E-state index < -0.39 is 6.10 Å². The molecule has 2 aliphatic heterocycles. The van der Waals surface area contributed by atoms with Gasteiger partial charge < -0.3 is 19.7 Å². The van der Waals surface area contributed by atoms with Crippen LogP contribution in [0.1, 0.15) is 19.4 Å². The van der Waals surface area contributed by atoms with Crippen LogP contribution in [0.4, 0.5) is 0 Å². The van der Waals surface area contributed by atoms with Crippen LogP contribution < -0.4 is 0 Å². The van der Waals surface area contributed by atoms with E-state index in [4.69, 9.17) is 9.47 Å². The quantitative estimate of drug-likeness (QED) is 0.786. The minimum atomic E-state index is -0.457. The summed E-state index contributed by atoms with van der Waals surface area (Å²) in [5, 5.41) is 19.3. The van der Waals surface area contributed by atoms with E-state index in [1.165, 1.54) is 0 Å². The molecule has 2 saturated heterocycles. The smallest absolute Gasteiger partial charge is 0.115 e. The third-order valence-corrected chi connectivity index (χ3v) is 4.95. The fourth-order valence-electron chi connectivity index (χ4n) is 3.68. The molecule has 4 rings (SSSR count). The maximum absolute atomic E-state index is 9.94. The van der Waals surface area contributed by atoms with Gasteiger partial charge in [0.2, 0.25) is 0 Å². The first-order valence-corrected chi connectivity index (χ1v) is 6.78. The van der Waals surface area contributed by atoms with Crippen molar-refractivity contribution in [3.63, 3.8) is 0 Å². The second-order valence-corrected chi connectivity index (χ2v) is 6.42. The number of benzene rings is 1. The molecule has 19 heavy (non-hydrogen) atoms. The summed E-state index contributed by atoms with van der Waals surface area (Å²) in [5.74, 6) is 0.537. The Morgan fingerprint density at radius 2 is 1.47 bits per heavy atom. The lowest BCUT2D eigenvalue weighted by Gasteiger charge is -2.35. The summed E-state index contributed by atoms with van der Waals surface area (Å²) in [4.78, 5) is 0. The number of aliphatic hydroxyl groups is 1. The Morgan fingerprint density at radius 1 is 0.947 bits per heavy atom. The highest BCUT2D eigenvalue weighted by Gasteiger charge is 2.70. The van der Waals surface area contributed by atoms with Crippen LogP contribution in [0.15, 0.2) is 24.3 Å². The number of phenolic OH excluding ortho intramolecular Hbond substituents is 1. The van der Waals surface area contributed by atoms with Gasteiger partial charge in [-0.15, -0.1) is 0 Å². The van der Waals surface area contributed by atoms with Crippen molar-refractivity contribution in [1.82, 2.24) is 0 Å². The number of hydrogen-bond acceptors (Lipinski definition) is 4. The lowest BCUT2D eigenvalue weighted by atomic mass is 9.67. The summed E-state index contributed by atoms with van der Waals surface area (Å²) < 4.78 is 11.3. The predicted molar refractivity (Wildman–Crippen MR) is 68.0 cm³/mol. The standard InChI is InChI=1S/C15H18O4/c1-15(2,7-3-5-8(16)6-4-7)9-11-13(18-11)10(17)14-12(9)19-14/h3-6,9-14,16-17H,1-2H3. The summed E-state index contributed by atoms with van der Waals surface area (Å²) in [5.41, 5.74) is 1.06. The second-order valence-electron chi connectivity index (χ2n) is 6.42. The average Bonchev–Trinajstić information content (AvgIpc) is 3.22. The number of aromatic hydroxyl groups is 1. The van der Waals surface area contributed by atoms with Crippen molar-refractivity contribution in [3.8, 4) is 5.75 Å². The van der Waals surface area contributed by atoms with Gasteiger partial charge in [0.15, 0.2) is 0 Å². The van der Waals surface area contributed by atoms with Crippen molar-refractivity contribution in [2.75, 3.05) is 0 Å². The number of phenols is 1. The molecule has 4 unspecified atom stereocenters. The van der Waals surface area contributed by atoms with Crippen LogP contribution in [0, 0.1) is 5.92 Å². The van der Waals surface area contributed by atoms with Gasteiger partial charge in [-0.2, -0.15) is 0 Å². The Bertz CT molecular complexity index is 491. The zero-order valence-electron chi connectivity index (χ0n) is 11.0. The van der Waals surface area contributed by atoms with Crippen molar-refractivity contribution < 1.29 is 19.7 Å². The molecule has 0 aromatic heterocycles. The summed E-state index contributed by atoms with van der Waals surface area (Å²) in [7, 11) is 0. The topological polar surface area (TPSA) is 65.5 Å². The molecule has 1 aromatic rings. The number of fused-ring (bicyclic) bond motifs is 2. The van der Waals surface area contributed by atoms with Crippen molar-refractivity contribution in [2.45, 2.75) is 49.8 Å². The molecular formula is C15H18O4. The molecule has 3 fully saturated rings. The van der Waals surface area contributed by atoms with E-state index in [0.29, 0.717) is 0 Å². The average molecular weight is 262 g/mol. The van der Waals surface area contributed by atoms with Gasteiger partial charge >= 0.3 is 0 Å². The molecule has 102 valence electrons. The van der Waals surface area contributed by atoms with E-state index in [0.717, 1.165) is 5.56 Å². The molecule has 4 atom stereocenters. The number of rotatable bonds is 2. The van der Waals surface area contributed by atoms with Crippen molar-refractivity contribution in [2.24, 2.45) is 5.92 Å². The maximum atomic E-state index is 9.94. The largest absolute Gasteiger partial charge is 0.508 e. The van der Waals surface area contributed by atoms with E-state index in [1.54, 1.807) is 12.1 Å². The highest BCUT2D eigenvalue weighted by atomic mass is 16.7. The van der Waals surface area contributed by atoms with Gasteiger partial charge in [-0.3, -0.25) is 0 Å². The number of ether oxygens (including phenoxy) is 2. The summed E-state index contributed by atoms with van der Waals surface area (Å²) in [6, 6.07) is 7.33. The molecular weight excluding hydrogens is 244 g/mol. The molecule has 0 amide bonds. The maximum Gasteiger partial charge on any atom is 0.115 e. The fraction of sp³-hybridized carbons (Fsp3) is 0.600. The molecule has 0 bridgehead atoms. The van der Waals surface area contributed by atoms with E-state index in [2.05, 4.69) is 13.8 Å². The molecule has 0 radical (unpaired) electrons. The van der Waals surface area contributed by atoms with Gasteiger partial charge in [0.25, 0.3) is 0 Å². The van der Waals surface area contributed by atoms with Crippen molar-refractivity contribution >= 4 is 0 Å². The summed E-state index contributed by atoms with van der Waals surface area (Å²) >= 11 is 0. The molecule has 0 spiro atoms. The van der Waals surface area contributed by atoms with E-state index in [-0.39, 0.29) is 41.5 Å². The number of aliphatic hydroxyl groups excluding tert-OH is 1. The first-order chi connectivity index (χ1) is 9.00. The Morgan fingerprint density at radius 3 is 2.00 bits per heavy atom. The lowest BCUT2D eigenvalue weighted by Crippen LogP contribution is -2.44. The molecule has 1 aliphatic carbocycles. The van der Waals surface area contributed by atoms with Gasteiger partial charge in [-0.1, -0.05) is 26.0 Å². The van der Waals surface area contributed by atoms with Crippen LogP contribution in [0.5, 0.6) is 5.75 Å². The molecule has 1 aromatic carbocycles. The first kappa shape index (κ1) is 11.7. The zero-order valence-corrected chi connectivity index (χ0v) is 11.0. The van der Waals surface area contributed by atoms with Crippen LogP contribution in [0.3, 0.4) is 0 Å². The van der Waals surface area contributed by atoms with Crippen LogP contribution in [0.25, 0.3) is 0 Å². The van der Waals surface area contributed by atoms with Crippen LogP contribution in [0.2, 0.25) is 0 Å². The van der Waals surface area contributed by atoms with Gasteiger partial charge in [-0.25, -0.2) is 0 Å². The Labute approximate surface area is 112 Å². The Balaban J connectivity index is 1.66. The fourth-order valence-corrected chi connectivity index (χ4v) is 3.68. The highest BCUT2D eigenvalue weighted by Crippen LogP contribution is 2.56. The molecule has 4 heteroatoms. The van der Waals surface area contributed by atoms with Crippen LogP contribution in [-0.2, 0) is 14.9 Å². The minimum absolute atomic E-state index is 0.0508. The second kappa shape index (κ2) is 3.51. The SMILES string of the molecule is CC(C)(c1ccc(O)cc1)C1C2OC2C(O)C2OC21. The lowest BCUT2D eigenvalue weighted by molar-refractivity contribution is 0.103. The van der Waals surface area contributed by atoms with Gasteiger partial charge in [0.05, 0.1) is 12.2 Å². The van der Waals surface area contributed by atoms with E-state index in [9.17, 15) is 10.2 Å². The summed E-state index contributed by atoms with van der Waals surface area (Å²) in [6.45, 7) is 4.36. The highest BCUT2D eigenvalue weighted by molar-refractivity contribution is 5.34. The van der Waals surface area contributed by atoms with Crippen molar-refractivity contribution in [3.05, 3.63) is 29.8 Å². The van der Waals surface area contributed by atoms with E-state index >= 15 is 0 Å². The Hall–Kier alpha value is -1.10. The molecule has 2 N–H and O–H groups in total. The molecule has 1 saturated carbocycles. The molecule has 3 aliphatic rings. The van der Waals surface area contributed by atoms with Crippen LogP contribution >= 0.6 is 0 Å². The van der Waals surface area contributed by atoms with Gasteiger partial charge in [-0.05, 0) is 23.1 Å². The number of hydrogen-bond donors (Lipinski definition) is 2. The molecule has 4 nitrogen and oxygen atoms in total. The zero-order chi connectivity index (χ0) is 13.4.